The Morgan fingerprint density at radius 2 is 1.66 bits per heavy atom. The maximum absolute atomic E-state index is 13.2. The normalized spacial score (nSPS) is 16.6. The van der Waals surface area contributed by atoms with Crippen LogP contribution >= 0.6 is 11.3 Å². The number of aromatic nitrogens is 1. The summed E-state index contributed by atoms with van der Waals surface area (Å²) in [6.45, 7) is 3.40. The van der Waals surface area contributed by atoms with E-state index in [-0.39, 0.29) is 24.9 Å². The van der Waals surface area contributed by atoms with Crippen LogP contribution in [0.5, 0.6) is 0 Å². The Kier molecular flexibility index (Phi) is 7.44. The quantitative estimate of drug-likeness (QED) is 0.429. The second kappa shape index (κ2) is 10.9. The van der Waals surface area contributed by atoms with Gasteiger partial charge in [-0.2, -0.15) is 0 Å². The number of thiazole rings is 1. The lowest BCUT2D eigenvalue weighted by Gasteiger charge is -2.32. The number of nitrogens with zero attached hydrogens (tertiary/aromatic N) is 3. The van der Waals surface area contributed by atoms with Crippen LogP contribution in [0.15, 0.2) is 53.9 Å². The highest BCUT2D eigenvalue weighted by Crippen LogP contribution is 2.40. The van der Waals surface area contributed by atoms with Gasteiger partial charge in [-0.1, -0.05) is 36.4 Å². The molecule has 198 valence electrons. The first-order chi connectivity index (χ1) is 18.3. The lowest BCUT2D eigenvalue weighted by molar-refractivity contribution is -0.145. The summed E-state index contributed by atoms with van der Waals surface area (Å²) < 4.78 is 0. The Morgan fingerprint density at radius 3 is 2.29 bits per heavy atom. The van der Waals surface area contributed by atoms with E-state index in [1.165, 1.54) is 11.3 Å². The Hall–Kier alpha value is -3.76. The molecule has 2 aromatic carbocycles. The third-order valence-electron chi connectivity index (χ3n) is 7.32. The van der Waals surface area contributed by atoms with Crippen molar-refractivity contribution in [2.45, 2.75) is 25.8 Å². The van der Waals surface area contributed by atoms with E-state index in [9.17, 15) is 19.5 Å². The van der Waals surface area contributed by atoms with Gasteiger partial charge in [-0.05, 0) is 43.1 Å². The first-order valence-electron chi connectivity index (χ1n) is 12.7. The number of likely N-dealkylation sites (N-methyl/N-ethyl adjacent to an activating group) is 1. The van der Waals surface area contributed by atoms with Crippen LogP contribution in [0.25, 0.3) is 11.3 Å². The summed E-state index contributed by atoms with van der Waals surface area (Å²) in [5.41, 5.74) is 3.49. The summed E-state index contributed by atoms with van der Waals surface area (Å²) in [6.07, 6.45) is 0.624. The highest BCUT2D eigenvalue weighted by atomic mass is 32.1. The second-order valence-electron chi connectivity index (χ2n) is 10.1. The summed E-state index contributed by atoms with van der Waals surface area (Å²) in [6, 6.07) is 15.2. The van der Waals surface area contributed by atoms with Gasteiger partial charge in [-0.15, -0.1) is 11.3 Å². The number of nitrogens with one attached hydrogen (secondary N) is 2. The van der Waals surface area contributed by atoms with Gasteiger partial charge in [0.05, 0.1) is 24.1 Å². The summed E-state index contributed by atoms with van der Waals surface area (Å²) in [5.74, 6) is -1.24. The number of hydrogen-bond donors (Lipinski definition) is 3. The second-order valence-corrected chi connectivity index (χ2v) is 11.0. The molecule has 5 rings (SSSR count). The monoisotopic (exact) mass is 533 g/mol. The molecule has 38 heavy (non-hydrogen) atoms. The molecule has 2 aliphatic rings. The van der Waals surface area contributed by atoms with Crippen molar-refractivity contribution in [1.82, 2.24) is 20.1 Å². The zero-order chi connectivity index (χ0) is 26.7. The average molecular weight is 534 g/mol. The van der Waals surface area contributed by atoms with Crippen LogP contribution in [0.2, 0.25) is 0 Å². The summed E-state index contributed by atoms with van der Waals surface area (Å²) in [5, 5.41) is 18.1. The van der Waals surface area contributed by atoms with Crippen molar-refractivity contribution in [1.29, 1.82) is 0 Å². The number of aliphatic carboxylic acids is 1. The minimum atomic E-state index is -0.986. The van der Waals surface area contributed by atoms with Crippen LogP contribution in [-0.2, 0) is 29.0 Å². The number of fused-ring (bicyclic) bond motifs is 1. The molecule has 9 nitrogen and oxygen atoms in total. The van der Waals surface area contributed by atoms with Crippen molar-refractivity contribution in [3.05, 3.63) is 70.0 Å². The van der Waals surface area contributed by atoms with Gasteiger partial charge in [-0.3, -0.25) is 9.59 Å². The topological polar surface area (TPSA) is 115 Å². The molecule has 0 radical (unpaired) electrons. The number of urea groups is 1. The van der Waals surface area contributed by atoms with Gasteiger partial charge in [0.15, 0.2) is 0 Å². The maximum Gasteiger partial charge on any atom is 0.321 e. The van der Waals surface area contributed by atoms with Crippen LogP contribution < -0.4 is 10.6 Å². The fraction of sp³-hybridized carbons (Fsp3) is 0.357. The molecule has 0 unspecified atom stereocenters. The molecule has 1 aliphatic heterocycles. The molecular formula is C28H31N5O4S. The number of carbonyl (C=O) groups excluding carboxylic acids is 2. The van der Waals surface area contributed by atoms with Gasteiger partial charge in [0.2, 0.25) is 5.91 Å². The number of anilines is 1. The van der Waals surface area contributed by atoms with Gasteiger partial charge in [0.25, 0.3) is 0 Å². The van der Waals surface area contributed by atoms with Crippen molar-refractivity contribution >= 4 is 34.9 Å². The maximum atomic E-state index is 13.2. The van der Waals surface area contributed by atoms with Crippen molar-refractivity contribution in [3.63, 3.8) is 0 Å². The van der Waals surface area contributed by atoms with Crippen LogP contribution in [-0.4, -0.2) is 71.0 Å². The first-order valence-corrected chi connectivity index (χ1v) is 13.6. The molecule has 0 atom stereocenters. The molecule has 3 aromatic rings. The molecule has 1 saturated heterocycles. The summed E-state index contributed by atoms with van der Waals surface area (Å²) in [4.78, 5) is 46.0. The van der Waals surface area contributed by atoms with E-state index in [1.807, 2.05) is 58.8 Å². The number of carboxylic acids is 1. The lowest BCUT2D eigenvalue weighted by atomic mass is 9.80. The van der Waals surface area contributed by atoms with Gasteiger partial charge in [0, 0.05) is 42.8 Å². The summed E-state index contributed by atoms with van der Waals surface area (Å²) >= 11 is 1.44. The standard InChI is InChI=1S/C28H31N5O4S/c1-32-10-12-33(13-11-32)27(37)30-22-8-6-19(7-9-22)23-18-38-24(31-23)17-29-26(36)28(16-25(34)35)14-20-4-2-3-5-21(20)15-28/h2-9,18H,10-17H2,1H3,(H,29,36)(H,30,37)(H,34,35). The number of piperazine rings is 1. The molecule has 3 amide bonds. The minimum Gasteiger partial charge on any atom is -0.481 e. The Labute approximate surface area is 225 Å². The van der Waals surface area contributed by atoms with E-state index < -0.39 is 11.4 Å². The number of rotatable bonds is 7. The number of carbonyl (C=O) groups is 3. The van der Waals surface area contributed by atoms with E-state index in [0.29, 0.717) is 25.9 Å². The summed E-state index contributed by atoms with van der Waals surface area (Å²) in [7, 11) is 2.05. The minimum absolute atomic E-state index is 0.0939. The number of amides is 3. The molecular weight excluding hydrogens is 502 g/mol. The Bertz CT molecular complexity index is 1310. The van der Waals surface area contributed by atoms with Crippen molar-refractivity contribution in [2.24, 2.45) is 5.41 Å². The SMILES string of the molecule is CN1CCN(C(=O)Nc2ccc(-c3csc(CNC(=O)C4(CC(=O)O)Cc5ccccc5C4)n3)cc2)CC1. The molecule has 1 aliphatic carbocycles. The highest BCUT2D eigenvalue weighted by Gasteiger charge is 2.45. The lowest BCUT2D eigenvalue weighted by Crippen LogP contribution is -2.48. The Balaban J connectivity index is 1.18. The molecule has 1 aromatic heterocycles. The van der Waals surface area contributed by atoms with E-state index in [2.05, 4.69) is 27.6 Å². The van der Waals surface area contributed by atoms with E-state index in [0.717, 1.165) is 46.2 Å². The van der Waals surface area contributed by atoms with Gasteiger partial charge >= 0.3 is 12.0 Å². The van der Waals surface area contributed by atoms with Crippen molar-refractivity contribution in [3.8, 4) is 11.3 Å². The molecule has 3 N–H and O–H groups in total. The first kappa shape index (κ1) is 25.9. The van der Waals surface area contributed by atoms with Gasteiger partial charge in [0.1, 0.15) is 5.01 Å². The third-order valence-corrected chi connectivity index (χ3v) is 8.17. The molecule has 2 heterocycles. The van der Waals surface area contributed by atoms with E-state index >= 15 is 0 Å². The predicted octanol–water partition coefficient (Wildman–Crippen LogP) is 3.47. The Morgan fingerprint density at radius 1 is 1.00 bits per heavy atom. The zero-order valence-corrected chi connectivity index (χ0v) is 22.1. The molecule has 1 fully saturated rings. The van der Waals surface area contributed by atoms with Crippen LogP contribution in [0.4, 0.5) is 10.5 Å². The van der Waals surface area contributed by atoms with Gasteiger partial charge < -0.3 is 25.5 Å². The fourth-order valence-electron chi connectivity index (χ4n) is 5.15. The van der Waals surface area contributed by atoms with E-state index in [4.69, 9.17) is 0 Å². The van der Waals surface area contributed by atoms with Crippen molar-refractivity contribution in [2.75, 3.05) is 38.5 Å². The van der Waals surface area contributed by atoms with Crippen LogP contribution in [0.3, 0.4) is 0 Å². The zero-order valence-electron chi connectivity index (χ0n) is 21.3. The molecule has 10 heteroatoms. The van der Waals surface area contributed by atoms with Gasteiger partial charge in [-0.25, -0.2) is 9.78 Å². The number of hydrogen-bond acceptors (Lipinski definition) is 6. The molecule has 0 spiro atoms. The van der Waals surface area contributed by atoms with Crippen LogP contribution in [0.1, 0.15) is 22.6 Å². The predicted molar refractivity (Wildman–Crippen MR) is 146 cm³/mol. The van der Waals surface area contributed by atoms with Crippen LogP contribution in [0, 0.1) is 5.41 Å². The fourth-order valence-corrected chi connectivity index (χ4v) is 5.90. The smallest absolute Gasteiger partial charge is 0.321 e. The number of carboxylic acid groups (broad SMARTS) is 1. The highest BCUT2D eigenvalue weighted by molar-refractivity contribution is 7.09. The molecule has 0 saturated carbocycles. The third kappa shape index (κ3) is 5.71. The van der Waals surface area contributed by atoms with Crippen molar-refractivity contribution < 1.29 is 19.5 Å². The number of benzene rings is 2. The molecule has 0 bridgehead atoms. The average Bonchev–Trinajstić information content (AvgIpc) is 3.53. The largest absolute Gasteiger partial charge is 0.481 e. The van der Waals surface area contributed by atoms with E-state index in [1.54, 1.807) is 0 Å².